The molecule has 0 aliphatic rings. The molecule has 0 atom stereocenters. The lowest BCUT2D eigenvalue weighted by molar-refractivity contribution is -0.134. The summed E-state index contributed by atoms with van der Waals surface area (Å²) in [7, 11) is 4.27. The van der Waals surface area contributed by atoms with E-state index in [-0.39, 0.29) is 28.6 Å². The van der Waals surface area contributed by atoms with Crippen LogP contribution in [0, 0.1) is 0 Å². The van der Waals surface area contributed by atoms with Crippen molar-refractivity contribution in [3.63, 3.8) is 0 Å². The first-order valence-corrected chi connectivity index (χ1v) is 9.65. The van der Waals surface area contributed by atoms with Crippen molar-refractivity contribution in [1.29, 1.82) is 0 Å². The first-order chi connectivity index (χ1) is 14.7. The molecule has 0 spiro atoms. The number of rotatable bonds is 7. The molecule has 1 aromatic carbocycles. The maximum Gasteiger partial charge on any atom is 0.427 e. The zero-order chi connectivity index (χ0) is 22.6. The third-order valence-corrected chi connectivity index (χ3v) is 5.27. The molecular weight excluding hydrogens is 435 g/mol. The Morgan fingerprint density at radius 2 is 1.90 bits per heavy atom. The summed E-state index contributed by atoms with van der Waals surface area (Å²) in [5.41, 5.74) is 1.02. The monoisotopic (exact) mass is 453 g/mol. The van der Waals surface area contributed by atoms with Crippen molar-refractivity contribution in [1.82, 2.24) is 9.97 Å². The minimum atomic E-state index is -4.51. The summed E-state index contributed by atoms with van der Waals surface area (Å²) in [5, 5.41) is 3.09. The van der Waals surface area contributed by atoms with Gasteiger partial charge in [-0.3, -0.25) is 0 Å². The van der Waals surface area contributed by atoms with E-state index >= 15 is 0 Å². The number of hydrogen-bond donors (Lipinski definition) is 1. The summed E-state index contributed by atoms with van der Waals surface area (Å²) < 4.78 is 54.1. The Bertz CT molecular complexity index is 1090. The molecule has 0 aliphatic carbocycles. The van der Waals surface area contributed by atoms with Crippen LogP contribution in [0.3, 0.4) is 0 Å². The van der Waals surface area contributed by atoms with E-state index in [1.807, 2.05) is 0 Å². The number of pyridine rings is 1. The second-order valence-corrected chi connectivity index (χ2v) is 7.21. The van der Waals surface area contributed by atoms with Gasteiger partial charge in [-0.15, -0.1) is 11.3 Å². The average Bonchev–Trinajstić information content (AvgIpc) is 3.28. The summed E-state index contributed by atoms with van der Waals surface area (Å²) in [6.07, 6.45) is -3.77. The summed E-state index contributed by atoms with van der Waals surface area (Å²) in [6.45, 7) is 0.274. The highest BCUT2D eigenvalue weighted by atomic mass is 32.1. The number of methoxy groups -OCH3 is 3. The summed E-state index contributed by atoms with van der Waals surface area (Å²) in [6, 6.07) is 8.06. The van der Waals surface area contributed by atoms with Gasteiger partial charge < -0.3 is 19.5 Å². The lowest BCUT2D eigenvalue weighted by Crippen LogP contribution is -2.07. The summed E-state index contributed by atoms with van der Waals surface area (Å²) >= 11 is 0.442. The Labute approximate surface area is 179 Å². The van der Waals surface area contributed by atoms with Gasteiger partial charge >= 0.3 is 12.1 Å². The van der Waals surface area contributed by atoms with Gasteiger partial charge in [0.05, 0.1) is 33.1 Å². The number of anilines is 1. The molecule has 2 aromatic heterocycles. The lowest BCUT2D eigenvalue weighted by atomic mass is 10.2. The fourth-order valence-electron chi connectivity index (χ4n) is 2.67. The van der Waals surface area contributed by atoms with E-state index in [9.17, 15) is 18.0 Å². The standard InChI is InChI=1S/C20H18F3N3O4S/c1-28-13-5-4-11(15(8-13)29-2)9-24-17-7-12(19(27)30-3)6-14(26-17)18-25-10-16(31-18)20(21,22)23/h4-8,10H,9H2,1-3H3,(H,24,26). The molecule has 1 N–H and O–H groups in total. The molecule has 0 amide bonds. The van der Waals surface area contributed by atoms with Gasteiger partial charge in [-0.05, 0) is 24.3 Å². The number of benzene rings is 1. The third kappa shape index (κ3) is 5.23. The molecule has 164 valence electrons. The zero-order valence-electron chi connectivity index (χ0n) is 16.7. The molecule has 0 saturated carbocycles. The van der Waals surface area contributed by atoms with Crippen LogP contribution in [0.1, 0.15) is 20.8 Å². The fourth-order valence-corrected chi connectivity index (χ4v) is 3.42. The molecule has 2 heterocycles. The van der Waals surface area contributed by atoms with Gasteiger partial charge in [-0.2, -0.15) is 13.2 Å². The molecule has 0 radical (unpaired) electrons. The molecule has 7 nitrogen and oxygen atoms in total. The molecule has 11 heteroatoms. The SMILES string of the molecule is COC(=O)c1cc(NCc2ccc(OC)cc2OC)nc(-c2ncc(C(F)(F)F)s2)c1. The molecule has 0 bridgehead atoms. The Morgan fingerprint density at radius 1 is 1.13 bits per heavy atom. The molecule has 3 aromatic rings. The highest BCUT2D eigenvalue weighted by Crippen LogP contribution is 2.36. The molecule has 0 unspecified atom stereocenters. The smallest absolute Gasteiger partial charge is 0.427 e. The number of esters is 1. The minimum absolute atomic E-state index is 0.0307. The molecule has 31 heavy (non-hydrogen) atoms. The first-order valence-electron chi connectivity index (χ1n) is 8.83. The zero-order valence-corrected chi connectivity index (χ0v) is 17.6. The van der Waals surface area contributed by atoms with Gasteiger partial charge in [-0.25, -0.2) is 14.8 Å². The van der Waals surface area contributed by atoms with Crippen LogP contribution in [0.2, 0.25) is 0 Å². The van der Waals surface area contributed by atoms with Crippen molar-refractivity contribution in [2.24, 2.45) is 0 Å². The number of nitrogens with zero attached hydrogens (tertiary/aromatic N) is 2. The van der Waals surface area contributed by atoms with E-state index in [2.05, 4.69) is 15.3 Å². The van der Waals surface area contributed by atoms with E-state index in [4.69, 9.17) is 14.2 Å². The van der Waals surface area contributed by atoms with Crippen molar-refractivity contribution >= 4 is 23.1 Å². The fraction of sp³-hybridized carbons (Fsp3) is 0.250. The highest BCUT2D eigenvalue weighted by molar-refractivity contribution is 7.15. The highest BCUT2D eigenvalue weighted by Gasteiger charge is 2.33. The van der Waals surface area contributed by atoms with E-state index in [1.54, 1.807) is 25.3 Å². The Morgan fingerprint density at radius 3 is 2.52 bits per heavy atom. The molecule has 3 rings (SSSR count). The molecule has 0 aliphatic heterocycles. The second kappa shape index (κ2) is 9.21. The van der Waals surface area contributed by atoms with Gasteiger partial charge in [0.1, 0.15) is 32.9 Å². The van der Waals surface area contributed by atoms with E-state index in [1.165, 1.54) is 26.4 Å². The van der Waals surface area contributed by atoms with E-state index in [0.29, 0.717) is 22.8 Å². The predicted molar refractivity (Wildman–Crippen MR) is 109 cm³/mol. The Balaban J connectivity index is 1.92. The largest absolute Gasteiger partial charge is 0.497 e. The van der Waals surface area contributed by atoms with Gasteiger partial charge in [0, 0.05) is 18.2 Å². The normalized spacial score (nSPS) is 11.2. The van der Waals surface area contributed by atoms with Crippen LogP contribution in [0.5, 0.6) is 11.5 Å². The number of hydrogen-bond acceptors (Lipinski definition) is 8. The van der Waals surface area contributed by atoms with Gasteiger partial charge in [-0.1, -0.05) is 0 Å². The summed E-state index contributed by atoms with van der Waals surface area (Å²) in [5.74, 6) is 0.810. The van der Waals surface area contributed by atoms with Crippen LogP contribution in [-0.4, -0.2) is 37.3 Å². The molecule has 0 saturated heterocycles. The van der Waals surface area contributed by atoms with Crippen LogP contribution >= 0.6 is 11.3 Å². The van der Waals surface area contributed by atoms with E-state index in [0.717, 1.165) is 11.8 Å². The summed E-state index contributed by atoms with van der Waals surface area (Å²) in [4.78, 5) is 19.3. The number of ether oxygens (including phenoxy) is 3. The quantitative estimate of drug-likeness (QED) is 0.522. The van der Waals surface area contributed by atoms with Gasteiger partial charge in [0.15, 0.2) is 0 Å². The first kappa shape index (κ1) is 22.3. The van der Waals surface area contributed by atoms with Crippen molar-refractivity contribution in [2.45, 2.75) is 12.7 Å². The lowest BCUT2D eigenvalue weighted by Gasteiger charge is -2.13. The van der Waals surface area contributed by atoms with Gasteiger partial charge in [0.2, 0.25) is 0 Å². The number of carbonyl (C=O) groups excluding carboxylic acids is 1. The van der Waals surface area contributed by atoms with Crippen molar-refractivity contribution < 1.29 is 32.2 Å². The third-order valence-electron chi connectivity index (χ3n) is 4.20. The van der Waals surface area contributed by atoms with Crippen molar-refractivity contribution in [2.75, 3.05) is 26.6 Å². The predicted octanol–water partition coefficient (Wildman–Crippen LogP) is 4.64. The van der Waals surface area contributed by atoms with Crippen LogP contribution in [0.15, 0.2) is 36.5 Å². The molecular formula is C20H18F3N3O4S. The molecule has 0 fully saturated rings. The average molecular weight is 453 g/mol. The Kier molecular flexibility index (Phi) is 6.64. The van der Waals surface area contributed by atoms with Crippen molar-refractivity contribution in [3.8, 4) is 22.2 Å². The number of nitrogens with one attached hydrogen (secondary N) is 1. The maximum atomic E-state index is 12.9. The van der Waals surface area contributed by atoms with Crippen molar-refractivity contribution in [3.05, 3.63) is 52.5 Å². The van der Waals surface area contributed by atoms with Crippen LogP contribution in [-0.2, 0) is 17.5 Å². The van der Waals surface area contributed by atoms with Crippen LogP contribution < -0.4 is 14.8 Å². The maximum absolute atomic E-state index is 12.9. The van der Waals surface area contributed by atoms with E-state index < -0.39 is 17.0 Å². The topological polar surface area (TPSA) is 82.6 Å². The van der Waals surface area contributed by atoms with Gasteiger partial charge in [0.25, 0.3) is 0 Å². The Hall–Kier alpha value is -3.34. The number of thiazole rings is 1. The number of halogens is 3. The second-order valence-electron chi connectivity index (χ2n) is 6.18. The number of aromatic nitrogens is 2. The minimum Gasteiger partial charge on any atom is -0.497 e. The van der Waals surface area contributed by atoms with Crippen LogP contribution in [0.4, 0.5) is 19.0 Å². The number of carbonyl (C=O) groups is 1. The van der Waals surface area contributed by atoms with Crippen LogP contribution in [0.25, 0.3) is 10.7 Å². The number of alkyl halides is 3.